The molecule has 4 aliphatic heterocycles. The van der Waals surface area contributed by atoms with Gasteiger partial charge in [0.25, 0.3) is 0 Å². The Morgan fingerprint density at radius 2 is 2.00 bits per heavy atom. The summed E-state index contributed by atoms with van der Waals surface area (Å²) in [5.41, 5.74) is -0.469. The summed E-state index contributed by atoms with van der Waals surface area (Å²) in [7, 11) is 0. The van der Waals surface area contributed by atoms with Gasteiger partial charge in [0.1, 0.15) is 22.6 Å². The van der Waals surface area contributed by atoms with Crippen molar-refractivity contribution in [2.24, 2.45) is 23.7 Å². The SMILES string of the molecule is CCOC(=O)c1cc2ccc(OCCCn3cc(CO[C@H]4O[C@@H]5O[C@@]6(C)CC[C@H]7[C@H](C)CC[C@@H]([C@H]4C)[C@@]57OO6)nn3)cc2oc1=O. The highest BCUT2D eigenvalue weighted by Gasteiger charge is 2.69. The molecular formula is C33H41N3O10. The topological polar surface area (TPSA) is 143 Å². The van der Waals surface area contributed by atoms with E-state index in [1.807, 2.05) is 13.1 Å². The summed E-state index contributed by atoms with van der Waals surface area (Å²) >= 11 is 0. The third-order valence-corrected chi connectivity index (χ3v) is 10.1. The van der Waals surface area contributed by atoms with E-state index in [1.165, 1.54) is 6.07 Å². The number of benzene rings is 1. The normalized spacial score (nSPS) is 33.4. The molecule has 8 atom stereocenters. The zero-order valence-corrected chi connectivity index (χ0v) is 26.6. The van der Waals surface area contributed by atoms with Crippen molar-refractivity contribution in [2.45, 2.75) is 96.9 Å². The van der Waals surface area contributed by atoms with E-state index in [9.17, 15) is 9.59 Å². The molecule has 2 bridgehead atoms. The van der Waals surface area contributed by atoms with Crippen LogP contribution in [0.4, 0.5) is 0 Å². The lowest BCUT2D eigenvalue weighted by Gasteiger charge is -2.60. The van der Waals surface area contributed by atoms with Crippen molar-refractivity contribution in [3.63, 3.8) is 0 Å². The molecule has 248 valence electrons. The van der Waals surface area contributed by atoms with E-state index in [0.717, 1.165) is 25.7 Å². The molecule has 46 heavy (non-hydrogen) atoms. The zero-order chi connectivity index (χ0) is 32.1. The minimum absolute atomic E-state index is 0.0795. The third-order valence-electron chi connectivity index (χ3n) is 10.1. The van der Waals surface area contributed by atoms with Crippen molar-refractivity contribution in [1.29, 1.82) is 0 Å². The number of hydrogen-bond donors (Lipinski definition) is 0. The Morgan fingerprint density at radius 1 is 1.13 bits per heavy atom. The van der Waals surface area contributed by atoms with E-state index in [1.54, 1.807) is 29.8 Å². The van der Waals surface area contributed by atoms with Gasteiger partial charge in [-0.3, -0.25) is 4.68 Å². The molecule has 0 N–H and O–H groups in total. The first-order valence-electron chi connectivity index (χ1n) is 16.3. The van der Waals surface area contributed by atoms with Crippen molar-refractivity contribution in [2.75, 3.05) is 13.2 Å². The van der Waals surface area contributed by atoms with Crippen LogP contribution in [0.1, 0.15) is 75.9 Å². The van der Waals surface area contributed by atoms with Crippen molar-refractivity contribution in [3.8, 4) is 5.75 Å². The molecule has 6 heterocycles. The van der Waals surface area contributed by atoms with Crippen LogP contribution >= 0.6 is 0 Å². The van der Waals surface area contributed by atoms with Gasteiger partial charge in [-0.25, -0.2) is 19.4 Å². The largest absolute Gasteiger partial charge is 0.493 e. The molecule has 0 amide bonds. The standard InChI is InChI=1S/C33H41N3O10/c1-5-39-28(37)24-15-21-8-9-23(16-27(21)42-29(24)38)40-14-6-13-36-17-22(34-35-36)18-41-30-20(3)26-10-7-19(2)25-11-12-32(4)44-31(43-30)33(25,26)46-45-32/h8-9,15-17,19-20,25-26,30-31H,5-7,10-14,18H2,1-4H3/t19-,20-,25+,26+,30+,31-,32-,33-/m1/s1. The molecule has 0 radical (unpaired) electrons. The van der Waals surface area contributed by atoms with Gasteiger partial charge < -0.3 is 28.1 Å². The van der Waals surface area contributed by atoms with E-state index < -0.39 is 35.6 Å². The number of carbonyl (C=O) groups is 1. The van der Waals surface area contributed by atoms with Gasteiger partial charge in [0.2, 0.25) is 5.79 Å². The van der Waals surface area contributed by atoms with Gasteiger partial charge in [-0.1, -0.05) is 19.1 Å². The fourth-order valence-corrected chi connectivity index (χ4v) is 7.69. The highest BCUT2D eigenvalue weighted by molar-refractivity contribution is 5.93. The van der Waals surface area contributed by atoms with Crippen LogP contribution in [-0.4, -0.2) is 58.1 Å². The number of aryl methyl sites for hydroxylation is 1. The van der Waals surface area contributed by atoms with Gasteiger partial charge in [0, 0.05) is 42.7 Å². The average molecular weight is 640 g/mol. The average Bonchev–Trinajstić information content (AvgIpc) is 3.37. The molecule has 1 aromatic carbocycles. The van der Waals surface area contributed by atoms with Gasteiger partial charge in [0.15, 0.2) is 18.2 Å². The van der Waals surface area contributed by atoms with E-state index in [-0.39, 0.29) is 30.6 Å². The van der Waals surface area contributed by atoms with Crippen LogP contribution in [0.3, 0.4) is 0 Å². The van der Waals surface area contributed by atoms with Crippen LogP contribution in [0, 0.1) is 23.7 Å². The molecule has 4 saturated heterocycles. The van der Waals surface area contributed by atoms with Crippen LogP contribution in [-0.2, 0) is 41.9 Å². The van der Waals surface area contributed by atoms with Gasteiger partial charge in [-0.05, 0) is 63.1 Å². The molecule has 0 unspecified atom stereocenters. The van der Waals surface area contributed by atoms with Crippen LogP contribution in [0.25, 0.3) is 11.0 Å². The monoisotopic (exact) mass is 639 g/mol. The first kappa shape index (κ1) is 31.3. The summed E-state index contributed by atoms with van der Waals surface area (Å²) < 4.78 is 37.1. The summed E-state index contributed by atoms with van der Waals surface area (Å²) in [6.07, 6.45) is 5.40. The van der Waals surface area contributed by atoms with Crippen molar-refractivity contribution in [1.82, 2.24) is 15.0 Å². The predicted octanol–water partition coefficient (Wildman–Crippen LogP) is 4.75. The second-order valence-corrected chi connectivity index (χ2v) is 13.1. The van der Waals surface area contributed by atoms with E-state index in [2.05, 4.69) is 24.2 Å². The molecule has 13 nitrogen and oxygen atoms in total. The minimum Gasteiger partial charge on any atom is -0.493 e. The maximum atomic E-state index is 12.2. The highest BCUT2D eigenvalue weighted by atomic mass is 17.3. The number of carbonyl (C=O) groups excluding carboxylic acids is 1. The fourth-order valence-electron chi connectivity index (χ4n) is 7.69. The number of ether oxygens (including phenoxy) is 5. The number of aromatic nitrogens is 3. The fraction of sp³-hybridized carbons (Fsp3) is 0.636. The minimum atomic E-state index is -0.825. The van der Waals surface area contributed by atoms with E-state index in [0.29, 0.717) is 53.8 Å². The molecule has 3 aromatic rings. The lowest BCUT2D eigenvalue weighted by atomic mass is 9.58. The Bertz CT molecular complexity index is 1640. The van der Waals surface area contributed by atoms with Gasteiger partial charge in [0.05, 0.1) is 26.0 Å². The third kappa shape index (κ3) is 5.62. The number of rotatable bonds is 10. The molecule has 5 aliphatic rings. The molecule has 13 heteroatoms. The Balaban J connectivity index is 0.918. The predicted molar refractivity (Wildman–Crippen MR) is 160 cm³/mol. The Morgan fingerprint density at radius 3 is 2.85 bits per heavy atom. The van der Waals surface area contributed by atoms with Crippen molar-refractivity contribution in [3.05, 3.63) is 52.1 Å². The Kier molecular flexibility index (Phi) is 8.39. The van der Waals surface area contributed by atoms with E-state index in [4.69, 9.17) is 37.9 Å². The highest BCUT2D eigenvalue weighted by Crippen LogP contribution is 2.60. The summed E-state index contributed by atoms with van der Waals surface area (Å²) in [4.78, 5) is 36.3. The van der Waals surface area contributed by atoms with Crippen LogP contribution in [0.2, 0.25) is 0 Å². The number of esters is 1. The van der Waals surface area contributed by atoms with Crippen LogP contribution in [0.5, 0.6) is 5.75 Å². The van der Waals surface area contributed by atoms with Gasteiger partial charge in [-0.2, -0.15) is 0 Å². The smallest absolute Gasteiger partial charge is 0.351 e. The first-order chi connectivity index (χ1) is 22.2. The lowest BCUT2D eigenvalue weighted by Crippen LogP contribution is -2.70. The maximum absolute atomic E-state index is 12.2. The number of nitrogens with zero attached hydrogens (tertiary/aromatic N) is 3. The zero-order valence-electron chi connectivity index (χ0n) is 26.6. The summed E-state index contributed by atoms with van der Waals surface area (Å²) in [6, 6.07) is 6.59. The number of hydrogen-bond acceptors (Lipinski definition) is 12. The van der Waals surface area contributed by atoms with E-state index >= 15 is 0 Å². The summed E-state index contributed by atoms with van der Waals surface area (Å²) in [5.74, 6) is 0.0976. The van der Waals surface area contributed by atoms with Gasteiger partial charge in [-0.15, -0.1) is 5.10 Å². The van der Waals surface area contributed by atoms with Crippen molar-refractivity contribution < 1.29 is 42.7 Å². The number of fused-ring (bicyclic) bond motifs is 3. The van der Waals surface area contributed by atoms with Crippen LogP contribution in [0.15, 0.2) is 39.7 Å². The van der Waals surface area contributed by atoms with Crippen molar-refractivity contribution >= 4 is 16.9 Å². The Hall–Kier alpha value is -3.36. The van der Waals surface area contributed by atoms with Gasteiger partial charge >= 0.3 is 11.6 Å². The molecule has 8 rings (SSSR count). The lowest BCUT2D eigenvalue weighted by molar-refractivity contribution is -0.577. The van der Waals surface area contributed by atoms with Crippen LogP contribution < -0.4 is 10.4 Å². The molecule has 1 aliphatic carbocycles. The second-order valence-electron chi connectivity index (χ2n) is 13.1. The second kappa shape index (κ2) is 12.3. The quantitative estimate of drug-likeness (QED) is 0.131. The summed E-state index contributed by atoms with van der Waals surface area (Å²) in [6.45, 7) is 9.48. The molecular weight excluding hydrogens is 598 g/mol. The molecule has 2 aromatic heterocycles. The first-order valence-corrected chi connectivity index (χ1v) is 16.3. The molecule has 1 saturated carbocycles. The molecule has 1 spiro atoms. The Labute approximate surface area is 266 Å². The summed E-state index contributed by atoms with van der Waals surface area (Å²) in [5, 5.41) is 9.14. The maximum Gasteiger partial charge on any atom is 0.351 e. The molecule has 5 fully saturated rings.